The minimum absolute atomic E-state index is 0.203. The van der Waals surface area contributed by atoms with Crippen LogP contribution >= 0.6 is 15.9 Å². The number of carboxylic acid groups (broad SMARTS) is 1. The second kappa shape index (κ2) is 4.87. The Morgan fingerprint density at radius 1 is 1.53 bits per heavy atom. The number of halogens is 1. The summed E-state index contributed by atoms with van der Waals surface area (Å²) < 4.78 is 2.64. The zero-order valence-electron chi connectivity index (χ0n) is 9.48. The maximum Gasteiger partial charge on any atom is 0.303 e. The van der Waals surface area contributed by atoms with Crippen molar-refractivity contribution in [2.45, 2.75) is 19.3 Å². The maximum atomic E-state index is 10.5. The van der Waals surface area contributed by atoms with Crippen molar-refractivity contribution in [3.63, 3.8) is 0 Å². The van der Waals surface area contributed by atoms with Crippen LogP contribution < -0.4 is 0 Å². The minimum Gasteiger partial charge on any atom is -0.481 e. The van der Waals surface area contributed by atoms with Gasteiger partial charge in [-0.1, -0.05) is 12.1 Å². The SMILES string of the molecule is Cn1nc(Br)c2c(CCCC(=O)O)cccc21. The Balaban J connectivity index is 2.31. The zero-order chi connectivity index (χ0) is 12.4. The molecule has 90 valence electrons. The van der Waals surface area contributed by atoms with E-state index < -0.39 is 5.97 Å². The van der Waals surface area contributed by atoms with Crippen LogP contribution in [0.1, 0.15) is 18.4 Å². The highest BCUT2D eigenvalue weighted by Gasteiger charge is 2.10. The van der Waals surface area contributed by atoms with E-state index in [0.717, 1.165) is 27.5 Å². The number of rotatable bonds is 4. The fourth-order valence-electron chi connectivity index (χ4n) is 1.97. The Morgan fingerprint density at radius 3 is 3.00 bits per heavy atom. The molecule has 1 N–H and O–H groups in total. The molecule has 0 fully saturated rings. The second-order valence-electron chi connectivity index (χ2n) is 3.97. The Labute approximate surface area is 107 Å². The molecule has 1 aromatic carbocycles. The normalized spacial score (nSPS) is 10.9. The van der Waals surface area contributed by atoms with Crippen molar-refractivity contribution in [3.8, 4) is 0 Å². The van der Waals surface area contributed by atoms with Gasteiger partial charge in [0, 0.05) is 18.9 Å². The topological polar surface area (TPSA) is 55.1 Å². The number of aryl methyl sites for hydroxylation is 2. The number of fused-ring (bicyclic) bond motifs is 1. The first kappa shape index (κ1) is 12.1. The van der Waals surface area contributed by atoms with Crippen molar-refractivity contribution in [2.75, 3.05) is 0 Å². The summed E-state index contributed by atoms with van der Waals surface area (Å²) in [6.45, 7) is 0. The van der Waals surface area contributed by atoms with Gasteiger partial charge in [0.1, 0.15) is 4.60 Å². The molecule has 5 heteroatoms. The number of carbonyl (C=O) groups is 1. The summed E-state index contributed by atoms with van der Waals surface area (Å²) in [4.78, 5) is 10.5. The Bertz CT molecular complexity index is 563. The molecule has 2 aromatic rings. The molecule has 0 radical (unpaired) electrons. The highest BCUT2D eigenvalue weighted by atomic mass is 79.9. The van der Waals surface area contributed by atoms with Crippen LogP contribution in [0.25, 0.3) is 10.9 Å². The second-order valence-corrected chi connectivity index (χ2v) is 4.72. The third kappa shape index (κ3) is 2.49. The van der Waals surface area contributed by atoms with Gasteiger partial charge in [0.15, 0.2) is 0 Å². The number of aliphatic carboxylic acids is 1. The Hall–Kier alpha value is -1.36. The highest BCUT2D eigenvalue weighted by molar-refractivity contribution is 9.10. The lowest BCUT2D eigenvalue weighted by atomic mass is 10.0. The van der Waals surface area contributed by atoms with Crippen LogP contribution in [0.2, 0.25) is 0 Å². The fourth-order valence-corrected chi connectivity index (χ4v) is 2.66. The molecule has 2 rings (SSSR count). The molecule has 0 saturated heterocycles. The average Bonchev–Trinajstić information content (AvgIpc) is 2.55. The van der Waals surface area contributed by atoms with Crippen molar-refractivity contribution in [2.24, 2.45) is 7.05 Å². The van der Waals surface area contributed by atoms with Crippen LogP contribution in [-0.2, 0) is 18.3 Å². The molecule has 0 bridgehead atoms. The molecule has 0 unspecified atom stereocenters. The van der Waals surface area contributed by atoms with Gasteiger partial charge in [-0.2, -0.15) is 5.10 Å². The summed E-state index contributed by atoms with van der Waals surface area (Å²) in [6, 6.07) is 6.01. The molecular formula is C12H13BrN2O2. The number of carboxylic acids is 1. The predicted molar refractivity (Wildman–Crippen MR) is 69.0 cm³/mol. The number of nitrogens with zero attached hydrogens (tertiary/aromatic N) is 2. The molecule has 0 spiro atoms. The van der Waals surface area contributed by atoms with E-state index in [0.29, 0.717) is 6.42 Å². The average molecular weight is 297 g/mol. The van der Waals surface area contributed by atoms with E-state index in [1.54, 1.807) is 0 Å². The monoisotopic (exact) mass is 296 g/mol. The first-order valence-corrected chi connectivity index (χ1v) is 6.21. The molecule has 0 aliphatic heterocycles. The van der Waals surface area contributed by atoms with Crippen molar-refractivity contribution >= 4 is 32.8 Å². The van der Waals surface area contributed by atoms with Crippen molar-refractivity contribution < 1.29 is 9.90 Å². The van der Waals surface area contributed by atoms with E-state index in [4.69, 9.17) is 5.11 Å². The van der Waals surface area contributed by atoms with E-state index in [9.17, 15) is 4.79 Å². The Morgan fingerprint density at radius 2 is 2.29 bits per heavy atom. The maximum absolute atomic E-state index is 10.5. The molecule has 0 aliphatic rings. The van der Waals surface area contributed by atoms with Gasteiger partial charge in [-0.25, -0.2) is 0 Å². The summed E-state index contributed by atoms with van der Waals surface area (Å²) in [7, 11) is 1.90. The molecular weight excluding hydrogens is 284 g/mol. The molecule has 4 nitrogen and oxygen atoms in total. The van der Waals surface area contributed by atoms with Crippen LogP contribution in [0, 0.1) is 0 Å². The lowest BCUT2D eigenvalue weighted by Crippen LogP contribution is -1.96. The number of aromatic nitrogens is 2. The van der Waals surface area contributed by atoms with E-state index >= 15 is 0 Å². The summed E-state index contributed by atoms with van der Waals surface area (Å²) in [5.41, 5.74) is 2.20. The van der Waals surface area contributed by atoms with E-state index in [2.05, 4.69) is 21.0 Å². The van der Waals surface area contributed by atoms with Crippen LogP contribution in [0.4, 0.5) is 0 Å². The van der Waals surface area contributed by atoms with Crippen molar-refractivity contribution in [1.29, 1.82) is 0 Å². The molecule has 1 aromatic heterocycles. The standard InChI is InChI=1S/C12H13BrN2O2/c1-15-9-6-2-4-8(5-3-7-10(16)17)11(9)12(13)14-15/h2,4,6H,3,5,7H2,1H3,(H,16,17). The zero-order valence-corrected chi connectivity index (χ0v) is 11.1. The van der Waals surface area contributed by atoms with Gasteiger partial charge in [0.2, 0.25) is 0 Å². The number of benzene rings is 1. The summed E-state index contributed by atoms with van der Waals surface area (Å²) in [5.74, 6) is -0.748. The minimum atomic E-state index is -0.748. The van der Waals surface area contributed by atoms with Gasteiger partial charge in [-0.3, -0.25) is 9.48 Å². The molecule has 0 atom stereocenters. The third-order valence-electron chi connectivity index (χ3n) is 2.76. The van der Waals surface area contributed by atoms with Crippen LogP contribution in [0.5, 0.6) is 0 Å². The largest absolute Gasteiger partial charge is 0.481 e. The molecule has 0 amide bonds. The molecule has 1 heterocycles. The van der Waals surface area contributed by atoms with E-state index in [1.807, 2.05) is 29.9 Å². The van der Waals surface area contributed by atoms with Crippen LogP contribution in [0.15, 0.2) is 22.8 Å². The van der Waals surface area contributed by atoms with Gasteiger partial charge >= 0.3 is 5.97 Å². The van der Waals surface area contributed by atoms with Crippen molar-refractivity contribution in [3.05, 3.63) is 28.4 Å². The van der Waals surface area contributed by atoms with Crippen molar-refractivity contribution in [1.82, 2.24) is 9.78 Å². The third-order valence-corrected chi connectivity index (χ3v) is 3.31. The molecule has 17 heavy (non-hydrogen) atoms. The fraction of sp³-hybridized carbons (Fsp3) is 0.333. The van der Waals surface area contributed by atoms with Gasteiger partial charge in [-0.15, -0.1) is 0 Å². The number of hydrogen-bond donors (Lipinski definition) is 1. The molecule has 0 aliphatic carbocycles. The van der Waals surface area contributed by atoms with Gasteiger partial charge in [0.25, 0.3) is 0 Å². The number of hydrogen-bond acceptors (Lipinski definition) is 2. The van der Waals surface area contributed by atoms with E-state index in [1.165, 1.54) is 0 Å². The lowest BCUT2D eigenvalue weighted by Gasteiger charge is -2.02. The smallest absolute Gasteiger partial charge is 0.303 e. The first-order valence-electron chi connectivity index (χ1n) is 5.41. The van der Waals surface area contributed by atoms with Gasteiger partial charge in [0.05, 0.1) is 5.52 Å². The Kier molecular flexibility index (Phi) is 3.47. The first-order chi connectivity index (χ1) is 8.09. The van der Waals surface area contributed by atoms with Crippen LogP contribution in [-0.4, -0.2) is 20.9 Å². The van der Waals surface area contributed by atoms with Crippen LogP contribution in [0.3, 0.4) is 0 Å². The lowest BCUT2D eigenvalue weighted by molar-refractivity contribution is -0.137. The molecule has 0 saturated carbocycles. The summed E-state index contributed by atoms with van der Waals surface area (Å²) in [6.07, 6.45) is 1.61. The quantitative estimate of drug-likeness (QED) is 0.944. The van der Waals surface area contributed by atoms with Gasteiger partial charge in [-0.05, 0) is 40.4 Å². The van der Waals surface area contributed by atoms with E-state index in [-0.39, 0.29) is 6.42 Å². The predicted octanol–water partition coefficient (Wildman–Crippen LogP) is 2.74. The van der Waals surface area contributed by atoms with Gasteiger partial charge < -0.3 is 5.11 Å². The highest BCUT2D eigenvalue weighted by Crippen LogP contribution is 2.27. The summed E-state index contributed by atoms with van der Waals surface area (Å²) in [5, 5.41) is 14.0. The summed E-state index contributed by atoms with van der Waals surface area (Å²) >= 11 is 3.44.